The van der Waals surface area contributed by atoms with Crippen LogP contribution in [0.2, 0.25) is 0 Å². The minimum atomic E-state index is -3.47. The van der Waals surface area contributed by atoms with Crippen LogP contribution < -0.4 is 4.72 Å². The lowest BCUT2D eigenvalue weighted by Gasteiger charge is -2.29. The highest BCUT2D eigenvalue weighted by atomic mass is 32.2. The zero-order valence-corrected chi connectivity index (χ0v) is 13.6. The van der Waals surface area contributed by atoms with Gasteiger partial charge in [-0.1, -0.05) is 32.6 Å². The Morgan fingerprint density at radius 3 is 2.40 bits per heavy atom. The summed E-state index contributed by atoms with van der Waals surface area (Å²) in [5.41, 5.74) is -1.16. The summed E-state index contributed by atoms with van der Waals surface area (Å²) in [7, 11) is -2.18. The quantitative estimate of drug-likeness (QED) is 0.732. The maximum absolute atomic E-state index is 12.3. The molecule has 1 aliphatic carbocycles. The van der Waals surface area contributed by atoms with Crippen molar-refractivity contribution in [3.8, 4) is 0 Å². The van der Waals surface area contributed by atoms with Crippen molar-refractivity contribution in [1.29, 1.82) is 0 Å². The van der Waals surface area contributed by atoms with E-state index in [0.29, 0.717) is 12.8 Å². The van der Waals surface area contributed by atoms with E-state index in [1.54, 1.807) is 6.92 Å². The van der Waals surface area contributed by atoms with Gasteiger partial charge in [0, 0.05) is 0 Å². The Hall–Kier alpha value is -0.620. The summed E-state index contributed by atoms with van der Waals surface area (Å²) in [6.45, 7) is 3.51. The Morgan fingerprint density at radius 1 is 1.30 bits per heavy atom. The van der Waals surface area contributed by atoms with Gasteiger partial charge in [-0.15, -0.1) is 0 Å². The van der Waals surface area contributed by atoms with E-state index in [9.17, 15) is 13.2 Å². The third-order valence-corrected chi connectivity index (χ3v) is 5.62. The molecule has 1 rings (SSSR count). The highest BCUT2D eigenvalue weighted by molar-refractivity contribution is 7.89. The minimum Gasteiger partial charge on any atom is -0.468 e. The van der Waals surface area contributed by atoms with Crippen molar-refractivity contribution >= 4 is 16.0 Å². The number of ether oxygens (including phenoxy) is 1. The van der Waals surface area contributed by atoms with Crippen LogP contribution in [-0.4, -0.2) is 32.8 Å². The van der Waals surface area contributed by atoms with Crippen molar-refractivity contribution in [2.75, 3.05) is 12.9 Å². The summed E-state index contributed by atoms with van der Waals surface area (Å²) < 4.78 is 31.9. The fourth-order valence-corrected chi connectivity index (χ4v) is 4.88. The van der Waals surface area contributed by atoms with Crippen LogP contribution in [0, 0.1) is 5.92 Å². The predicted molar refractivity (Wildman–Crippen MR) is 78.8 cm³/mol. The summed E-state index contributed by atoms with van der Waals surface area (Å²) in [4.78, 5) is 11.8. The number of carbonyl (C=O) groups is 1. The molecule has 0 spiro atoms. The number of carbonyl (C=O) groups excluding carboxylic acids is 1. The molecule has 20 heavy (non-hydrogen) atoms. The molecule has 0 radical (unpaired) electrons. The van der Waals surface area contributed by atoms with Crippen molar-refractivity contribution in [3.05, 3.63) is 0 Å². The van der Waals surface area contributed by atoms with Crippen molar-refractivity contribution in [1.82, 2.24) is 4.72 Å². The van der Waals surface area contributed by atoms with Gasteiger partial charge in [0.15, 0.2) is 0 Å². The lowest BCUT2D eigenvalue weighted by atomic mass is 9.91. The first-order chi connectivity index (χ1) is 9.33. The number of nitrogens with one attached hydrogen (secondary N) is 1. The van der Waals surface area contributed by atoms with Crippen LogP contribution in [0.25, 0.3) is 0 Å². The van der Waals surface area contributed by atoms with E-state index in [0.717, 1.165) is 25.7 Å². The van der Waals surface area contributed by atoms with Gasteiger partial charge in [0.25, 0.3) is 0 Å². The Bertz CT molecular complexity index is 415. The van der Waals surface area contributed by atoms with Gasteiger partial charge in [-0.2, -0.15) is 4.72 Å². The first kappa shape index (κ1) is 17.4. The summed E-state index contributed by atoms with van der Waals surface area (Å²) >= 11 is 0. The molecule has 1 fully saturated rings. The zero-order valence-electron chi connectivity index (χ0n) is 12.8. The largest absolute Gasteiger partial charge is 0.468 e. The molecule has 0 bridgehead atoms. The molecule has 1 N–H and O–H groups in total. The van der Waals surface area contributed by atoms with Crippen molar-refractivity contribution in [2.24, 2.45) is 5.92 Å². The molecule has 1 unspecified atom stereocenters. The Labute approximate surface area is 122 Å². The normalized spacial score (nSPS) is 20.4. The van der Waals surface area contributed by atoms with Crippen LogP contribution in [0.5, 0.6) is 0 Å². The van der Waals surface area contributed by atoms with E-state index in [2.05, 4.69) is 4.72 Å². The SMILES string of the molecule is CCCC(C)(NS(=O)(=O)CC1CCCCC1)C(=O)OC. The number of esters is 1. The first-order valence-electron chi connectivity index (χ1n) is 7.43. The Morgan fingerprint density at radius 2 is 1.90 bits per heavy atom. The topological polar surface area (TPSA) is 72.5 Å². The smallest absolute Gasteiger partial charge is 0.326 e. The number of sulfonamides is 1. The van der Waals surface area contributed by atoms with E-state index in [4.69, 9.17) is 4.74 Å². The van der Waals surface area contributed by atoms with Gasteiger partial charge in [-0.25, -0.2) is 8.42 Å². The minimum absolute atomic E-state index is 0.114. The third kappa shape index (κ3) is 5.05. The molecule has 0 heterocycles. The van der Waals surface area contributed by atoms with Gasteiger partial charge in [0.05, 0.1) is 12.9 Å². The van der Waals surface area contributed by atoms with E-state index < -0.39 is 21.5 Å². The van der Waals surface area contributed by atoms with E-state index in [1.165, 1.54) is 13.5 Å². The van der Waals surface area contributed by atoms with Gasteiger partial charge < -0.3 is 4.74 Å². The van der Waals surface area contributed by atoms with Gasteiger partial charge >= 0.3 is 5.97 Å². The molecule has 1 atom stereocenters. The Balaban J connectivity index is 2.72. The molecule has 118 valence electrons. The average Bonchev–Trinajstić information content (AvgIpc) is 2.37. The molecule has 0 aliphatic heterocycles. The maximum Gasteiger partial charge on any atom is 0.326 e. The van der Waals surface area contributed by atoms with Gasteiger partial charge in [0.2, 0.25) is 10.0 Å². The van der Waals surface area contributed by atoms with Crippen LogP contribution in [0.3, 0.4) is 0 Å². The summed E-state index contributed by atoms with van der Waals surface area (Å²) in [6.07, 6.45) is 6.46. The molecule has 1 saturated carbocycles. The Kier molecular flexibility index (Phi) is 6.45. The van der Waals surface area contributed by atoms with E-state index in [1.807, 2.05) is 6.92 Å². The molecule has 0 amide bonds. The average molecular weight is 305 g/mol. The van der Waals surface area contributed by atoms with Crippen LogP contribution in [-0.2, 0) is 19.6 Å². The summed E-state index contributed by atoms with van der Waals surface area (Å²) in [6, 6.07) is 0. The lowest BCUT2D eigenvalue weighted by Crippen LogP contribution is -2.53. The number of rotatable bonds is 7. The molecule has 0 saturated heterocycles. The van der Waals surface area contributed by atoms with Crippen LogP contribution in [0.15, 0.2) is 0 Å². The zero-order chi connectivity index (χ0) is 15.2. The van der Waals surface area contributed by atoms with Crippen molar-refractivity contribution in [3.63, 3.8) is 0 Å². The molecule has 0 aromatic carbocycles. The molecule has 0 aromatic rings. The predicted octanol–water partition coefficient (Wildman–Crippen LogP) is 2.22. The first-order valence-corrected chi connectivity index (χ1v) is 9.08. The molecular formula is C14H27NO4S. The second-order valence-corrected chi connectivity index (χ2v) is 7.73. The molecule has 0 aromatic heterocycles. The third-order valence-electron chi connectivity index (χ3n) is 3.95. The standard InChI is InChI=1S/C14H27NO4S/c1-4-10-14(2,13(16)19-3)15-20(17,18)11-12-8-6-5-7-9-12/h12,15H,4-11H2,1-3H3. The maximum atomic E-state index is 12.3. The van der Waals surface area contributed by atoms with Crippen molar-refractivity contribution in [2.45, 2.75) is 64.3 Å². The van der Waals surface area contributed by atoms with Crippen LogP contribution >= 0.6 is 0 Å². The number of hydrogen-bond donors (Lipinski definition) is 1. The van der Waals surface area contributed by atoms with E-state index in [-0.39, 0.29) is 11.7 Å². The lowest BCUT2D eigenvalue weighted by molar-refractivity contribution is -0.147. The number of methoxy groups -OCH3 is 1. The summed E-state index contributed by atoms with van der Waals surface area (Å²) in [5.74, 6) is -0.195. The van der Waals surface area contributed by atoms with Crippen LogP contribution in [0.1, 0.15) is 58.8 Å². The molecular weight excluding hydrogens is 278 g/mol. The molecule has 5 nitrogen and oxygen atoms in total. The second-order valence-electron chi connectivity index (χ2n) is 5.96. The van der Waals surface area contributed by atoms with Crippen LogP contribution in [0.4, 0.5) is 0 Å². The molecule has 6 heteroatoms. The van der Waals surface area contributed by atoms with Gasteiger partial charge in [-0.05, 0) is 32.1 Å². The van der Waals surface area contributed by atoms with Crippen molar-refractivity contribution < 1.29 is 17.9 Å². The fraction of sp³-hybridized carbons (Fsp3) is 0.929. The highest BCUT2D eigenvalue weighted by Crippen LogP contribution is 2.25. The number of hydrogen-bond acceptors (Lipinski definition) is 4. The highest BCUT2D eigenvalue weighted by Gasteiger charge is 2.38. The van der Waals surface area contributed by atoms with Gasteiger partial charge in [0.1, 0.15) is 5.54 Å². The van der Waals surface area contributed by atoms with Gasteiger partial charge in [-0.3, -0.25) is 4.79 Å². The van der Waals surface area contributed by atoms with E-state index >= 15 is 0 Å². The molecule has 1 aliphatic rings. The monoisotopic (exact) mass is 305 g/mol. The second kappa shape index (κ2) is 7.41. The summed E-state index contributed by atoms with van der Waals surface area (Å²) in [5, 5.41) is 0. The fourth-order valence-electron chi connectivity index (χ4n) is 2.97.